The minimum absolute atomic E-state index is 0.0173. The lowest BCUT2D eigenvalue weighted by atomic mass is 9.84. The number of aromatic nitrogens is 1. The summed E-state index contributed by atoms with van der Waals surface area (Å²) in [5, 5.41) is 0.701. The normalized spacial score (nSPS) is 23.1. The third-order valence-corrected chi connectivity index (χ3v) is 9.81. The summed E-state index contributed by atoms with van der Waals surface area (Å²) in [5.74, 6) is 1.32. The minimum Gasteiger partial charge on any atom is -0.497 e. The Morgan fingerprint density at radius 3 is 2.56 bits per heavy atom. The van der Waals surface area contributed by atoms with Crippen molar-refractivity contribution in [2.24, 2.45) is 5.92 Å². The molecule has 0 radical (unpaired) electrons. The van der Waals surface area contributed by atoms with Crippen LogP contribution in [0, 0.1) is 5.92 Å². The van der Waals surface area contributed by atoms with E-state index in [1.807, 2.05) is 0 Å². The number of fused-ring (bicyclic) bond motifs is 1. The zero-order chi connectivity index (χ0) is 24.1. The molecule has 188 valence electrons. The van der Waals surface area contributed by atoms with Crippen molar-refractivity contribution in [1.82, 2.24) is 14.6 Å². The van der Waals surface area contributed by atoms with Crippen LogP contribution in [0.15, 0.2) is 29.2 Å². The van der Waals surface area contributed by atoms with E-state index in [0.717, 1.165) is 64.5 Å². The quantitative estimate of drug-likeness (QED) is 0.500. The molecule has 1 saturated carbocycles. The van der Waals surface area contributed by atoms with E-state index < -0.39 is 10.0 Å². The highest BCUT2D eigenvalue weighted by Gasteiger charge is 2.29. The largest absolute Gasteiger partial charge is 0.497 e. The molecule has 0 aliphatic heterocycles. The van der Waals surface area contributed by atoms with E-state index in [1.54, 1.807) is 42.7 Å². The van der Waals surface area contributed by atoms with Gasteiger partial charge in [0.25, 0.3) is 0 Å². The Bertz CT molecular complexity index is 1030. The van der Waals surface area contributed by atoms with E-state index in [2.05, 4.69) is 21.5 Å². The van der Waals surface area contributed by atoms with Crippen molar-refractivity contribution in [2.75, 3.05) is 25.9 Å². The second-order valence-electron chi connectivity index (χ2n) is 9.66. The first-order valence-corrected chi connectivity index (χ1v) is 14.8. The summed E-state index contributed by atoms with van der Waals surface area (Å²) < 4.78 is 33.6. The Morgan fingerprint density at radius 1 is 1.15 bits per heavy atom. The molecule has 1 atom stereocenters. The number of nitrogens with two attached hydrogens (primary N) is 1. The lowest BCUT2D eigenvalue weighted by Crippen LogP contribution is -2.41. The second kappa shape index (κ2) is 11.4. The lowest BCUT2D eigenvalue weighted by Gasteiger charge is -2.36. The number of nitrogens with zero attached hydrogens (tertiary/aromatic N) is 2. The van der Waals surface area contributed by atoms with Crippen LogP contribution in [0.25, 0.3) is 0 Å². The monoisotopic (exact) mass is 506 g/mol. The molecule has 0 bridgehead atoms. The van der Waals surface area contributed by atoms with E-state index in [0.29, 0.717) is 27.7 Å². The number of nitrogens with one attached hydrogen (secondary N) is 1. The van der Waals surface area contributed by atoms with Crippen LogP contribution < -0.4 is 15.2 Å². The van der Waals surface area contributed by atoms with Crippen LogP contribution >= 0.6 is 11.3 Å². The van der Waals surface area contributed by atoms with Crippen LogP contribution in [0.5, 0.6) is 5.75 Å². The molecule has 1 fully saturated rings. The molecule has 9 heteroatoms. The first-order valence-electron chi connectivity index (χ1n) is 12.5. The molecule has 4 rings (SSSR count). The number of rotatable bonds is 10. The highest BCUT2D eigenvalue weighted by Crippen LogP contribution is 2.32. The molecular formula is C25H38N4O3S2. The molecule has 0 saturated heterocycles. The summed E-state index contributed by atoms with van der Waals surface area (Å²) in [4.78, 5) is 8.84. The van der Waals surface area contributed by atoms with Gasteiger partial charge in [-0.25, -0.2) is 18.1 Å². The molecule has 7 nitrogen and oxygen atoms in total. The number of anilines is 1. The van der Waals surface area contributed by atoms with Crippen LogP contribution in [0.4, 0.5) is 5.13 Å². The highest BCUT2D eigenvalue weighted by atomic mass is 32.2. The highest BCUT2D eigenvalue weighted by molar-refractivity contribution is 7.89. The molecule has 2 aliphatic carbocycles. The van der Waals surface area contributed by atoms with Crippen LogP contribution in [0.2, 0.25) is 0 Å². The molecule has 34 heavy (non-hydrogen) atoms. The topological polar surface area (TPSA) is 97.5 Å². The van der Waals surface area contributed by atoms with Gasteiger partial charge in [0.05, 0.1) is 17.7 Å². The zero-order valence-corrected chi connectivity index (χ0v) is 22.0. The number of benzene rings is 1. The predicted molar refractivity (Wildman–Crippen MR) is 138 cm³/mol. The van der Waals surface area contributed by atoms with E-state index >= 15 is 0 Å². The number of sulfonamides is 1. The van der Waals surface area contributed by atoms with Crippen molar-refractivity contribution in [2.45, 2.75) is 81.7 Å². The fourth-order valence-electron chi connectivity index (χ4n) is 5.41. The standard InChI is InChI=1S/C25H38N4O3S2/c1-3-15-29(20-8-13-23-24(17-20)33-25(26)27-23)16-14-18-4-6-19(7-5-18)28-34(30,31)22-11-9-21(32-2)10-12-22/h9-12,18-20,28H,3-8,13-17H2,1-2H3,(H2,26,27). The molecule has 1 aromatic heterocycles. The van der Waals surface area contributed by atoms with Gasteiger partial charge in [-0.05, 0) is 101 Å². The minimum atomic E-state index is -3.50. The molecule has 2 aliphatic rings. The maximum Gasteiger partial charge on any atom is 0.240 e. The third-order valence-electron chi connectivity index (χ3n) is 7.32. The van der Waals surface area contributed by atoms with Crippen molar-refractivity contribution < 1.29 is 13.2 Å². The Morgan fingerprint density at radius 2 is 1.88 bits per heavy atom. The first-order chi connectivity index (χ1) is 16.4. The zero-order valence-electron chi connectivity index (χ0n) is 20.3. The van der Waals surface area contributed by atoms with Crippen molar-refractivity contribution in [3.63, 3.8) is 0 Å². The Kier molecular flexibility index (Phi) is 8.50. The number of aryl methyl sites for hydroxylation is 1. The van der Waals surface area contributed by atoms with Gasteiger partial charge in [-0.2, -0.15) is 0 Å². The number of hydrogen-bond donors (Lipinski definition) is 2. The van der Waals surface area contributed by atoms with Gasteiger partial charge in [-0.15, -0.1) is 11.3 Å². The van der Waals surface area contributed by atoms with Gasteiger partial charge < -0.3 is 15.4 Å². The molecule has 1 aromatic carbocycles. The van der Waals surface area contributed by atoms with E-state index in [9.17, 15) is 8.42 Å². The number of hydrogen-bond acceptors (Lipinski definition) is 7. The van der Waals surface area contributed by atoms with Crippen LogP contribution in [0.3, 0.4) is 0 Å². The molecular weight excluding hydrogens is 468 g/mol. The average molecular weight is 507 g/mol. The second-order valence-corrected chi connectivity index (χ2v) is 12.5. The molecule has 0 spiro atoms. The van der Waals surface area contributed by atoms with Gasteiger partial charge in [-0.1, -0.05) is 6.92 Å². The van der Waals surface area contributed by atoms with Crippen molar-refractivity contribution >= 4 is 26.5 Å². The predicted octanol–water partition coefficient (Wildman–Crippen LogP) is 4.23. The van der Waals surface area contributed by atoms with E-state index in [1.165, 1.54) is 17.0 Å². The molecule has 1 heterocycles. The summed E-state index contributed by atoms with van der Waals surface area (Å²) in [6, 6.07) is 7.17. The van der Waals surface area contributed by atoms with Crippen LogP contribution in [-0.2, 0) is 22.9 Å². The SMILES string of the molecule is CCCN(CCC1CCC(NS(=O)(=O)c2ccc(OC)cc2)CC1)C1CCc2nc(N)sc2C1. The summed E-state index contributed by atoms with van der Waals surface area (Å²) in [5.41, 5.74) is 7.15. The van der Waals surface area contributed by atoms with Gasteiger partial charge in [0, 0.05) is 17.0 Å². The maximum atomic E-state index is 12.8. The van der Waals surface area contributed by atoms with Gasteiger partial charge >= 0.3 is 0 Å². The third kappa shape index (κ3) is 6.30. The Balaban J connectivity index is 1.25. The van der Waals surface area contributed by atoms with Crippen LogP contribution in [0.1, 0.15) is 62.4 Å². The maximum absolute atomic E-state index is 12.8. The Labute approximate surface area is 208 Å². The van der Waals surface area contributed by atoms with Crippen molar-refractivity contribution in [3.8, 4) is 5.75 Å². The van der Waals surface area contributed by atoms with Gasteiger partial charge in [-0.3, -0.25) is 0 Å². The smallest absolute Gasteiger partial charge is 0.240 e. The lowest BCUT2D eigenvalue weighted by molar-refractivity contribution is 0.158. The van der Waals surface area contributed by atoms with Crippen LogP contribution in [-0.4, -0.2) is 50.6 Å². The molecule has 0 amide bonds. The number of ether oxygens (including phenoxy) is 1. The van der Waals surface area contributed by atoms with Gasteiger partial charge in [0.2, 0.25) is 10.0 Å². The Hall–Kier alpha value is -1.68. The number of nitrogen functional groups attached to an aromatic ring is 1. The summed E-state index contributed by atoms with van der Waals surface area (Å²) in [7, 11) is -1.93. The summed E-state index contributed by atoms with van der Waals surface area (Å²) in [6.07, 6.45) is 9.58. The van der Waals surface area contributed by atoms with E-state index in [-0.39, 0.29) is 6.04 Å². The van der Waals surface area contributed by atoms with Gasteiger partial charge in [0.1, 0.15) is 5.75 Å². The fraction of sp³-hybridized carbons (Fsp3) is 0.640. The molecule has 1 unspecified atom stereocenters. The average Bonchev–Trinajstić information content (AvgIpc) is 3.21. The number of thiazole rings is 1. The summed E-state index contributed by atoms with van der Waals surface area (Å²) >= 11 is 1.66. The van der Waals surface area contributed by atoms with Gasteiger partial charge in [0.15, 0.2) is 5.13 Å². The summed E-state index contributed by atoms with van der Waals surface area (Å²) in [6.45, 7) is 4.51. The number of methoxy groups -OCH3 is 1. The molecule has 3 N–H and O–H groups in total. The molecule has 2 aromatic rings. The van der Waals surface area contributed by atoms with Crippen molar-refractivity contribution in [1.29, 1.82) is 0 Å². The first kappa shape index (κ1) is 25.4. The van der Waals surface area contributed by atoms with E-state index in [4.69, 9.17) is 10.5 Å². The fourth-order valence-corrected chi connectivity index (χ4v) is 7.67. The van der Waals surface area contributed by atoms with Crippen molar-refractivity contribution in [3.05, 3.63) is 34.8 Å².